The summed E-state index contributed by atoms with van der Waals surface area (Å²) in [6.07, 6.45) is 2.13. The predicted molar refractivity (Wildman–Crippen MR) is 68.9 cm³/mol. The molecule has 1 aliphatic rings. The maximum atomic E-state index is 12.1. The Hall–Kier alpha value is -1.07. The second-order valence-corrected chi connectivity index (χ2v) is 5.06. The van der Waals surface area contributed by atoms with Crippen LogP contribution in [-0.2, 0) is 11.8 Å². The molecule has 1 amide bonds. The van der Waals surface area contributed by atoms with Gasteiger partial charge in [-0.25, -0.2) is 0 Å². The molecule has 2 unspecified atom stereocenters. The molecule has 1 aliphatic heterocycles. The lowest BCUT2D eigenvalue weighted by molar-refractivity contribution is 0.0709. The Kier molecular flexibility index (Phi) is 3.92. The van der Waals surface area contributed by atoms with Crippen LogP contribution in [0.5, 0.6) is 0 Å². The van der Waals surface area contributed by atoms with E-state index in [9.17, 15) is 4.79 Å². The van der Waals surface area contributed by atoms with Crippen LogP contribution in [0.4, 0.5) is 0 Å². The molecule has 1 fully saturated rings. The van der Waals surface area contributed by atoms with Crippen LogP contribution in [0.25, 0.3) is 0 Å². The van der Waals surface area contributed by atoms with Gasteiger partial charge in [-0.2, -0.15) is 5.10 Å². The number of halogens is 1. The van der Waals surface area contributed by atoms with E-state index in [0.29, 0.717) is 5.02 Å². The van der Waals surface area contributed by atoms with Crippen LogP contribution >= 0.6 is 11.6 Å². The molecular weight excluding hydrogens is 254 g/mol. The second kappa shape index (κ2) is 5.28. The number of nitrogens with one attached hydrogen (secondary N) is 1. The Balaban J connectivity index is 2.04. The van der Waals surface area contributed by atoms with Crippen LogP contribution in [0.1, 0.15) is 35.9 Å². The zero-order chi connectivity index (χ0) is 13.3. The van der Waals surface area contributed by atoms with Crippen LogP contribution in [0.2, 0.25) is 5.02 Å². The van der Waals surface area contributed by atoms with Gasteiger partial charge < -0.3 is 10.1 Å². The summed E-state index contributed by atoms with van der Waals surface area (Å²) >= 11 is 6.08. The molecule has 5 nitrogen and oxygen atoms in total. The highest BCUT2D eigenvalue weighted by Crippen LogP contribution is 2.20. The fourth-order valence-corrected chi connectivity index (χ4v) is 2.34. The molecule has 2 heterocycles. The first-order chi connectivity index (χ1) is 8.50. The van der Waals surface area contributed by atoms with Gasteiger partial charge in [-0.3, -0.25) is 9.48 Å². The molecule has 18 heavy (non-hydrogen) atoms. The molecule has 0 bridgehead atoms. The standard InChI is InChI=1S/C12H18ClN3O2/c1-7(9-5-4-6-18-9)14-12(17)11-10(13)8(2)16(3)15-11/h7,9H,4-6H2,1-3H3,(H,14,17). The number of rotatable bonds is 3. The van der Waals surface area contributed by atoms with Crippen molar-refractivity contribution in [2.45, 2.75) is 38.8 Å². The first kappa shape index (κ1) is 13.4. The van der Waals surface area contributed by atoms with Gasteiger partial charge in [0.25, 0.3) is 5.91 Å². The summed E-state index contributed by atoms with van der Waals surface area (Å²) in [5, 5.41) is 7.43. The Labute approximate surface area is 111 Å². The SMILES string of the molecule is Cc1c(Cl)c(C(=O)NC(C)C2CCCO2)nn1C. The average molecular weight is 272 g/mol. The molecule has 0 aliphatic carbocycles. The molecule has 0 spiro atoms. The fraction of sp³-hybridized carbons (Fsp3) is 0.667. The Morgan fingerprint density at radius 2 is 2.39 bits per heavy atom. The Morgan fingerprint density at radius 1 is 1.67 bits per heavy atom. The molecule has 2 rings (SSSR count). The molecule has 0 aromatic carbocycles. The van der Waals surface area contributed by atoms with E-state index in [-0.39, 0.29) is 23.7 Å². The van der Waals surface area contributed by atoms with Crippen molar-refractivity contribution in [3.8, 4) is 0 Å². The van der Waals surface area contributed by atoms with Crippen LogP contribution in [0.3, 0.4) is 0 Å². The molecule has 0 radical (unpaired) electrons. The van der Waals surface area contributed by atoms with E-state index in [2.05, 4.69) is 10.4 Å². The maximum Gasteiger partial charge on any atom is 0.273 e. The summed E-state index contributed by atoms with van der Waals surface area (Å²) in [6, 6.07) is -0.0293. The Morgan fingerprint density at radius 3 is 2.89 bits per heavy atom. The number of hydrogen-bond acceptors (Lipinski definition) is 3. The molecule has 2 atom stereocenters. The van der Waals surface area contributed by atoms with Crippen molar-refractivity contribution in [3.63, 3.8) is 0 Å². The minimum atomic E-state index is -0.244. The van der Waals surface area contributed by atoms with Gasteiger partial charge in [0.05, 0.1) is 22.9 Å². The monoisotopic (exact) mass is 271 g/mol. The summed E-state index contributed by atoms with van der Waals surface area (Å²) in [5.41, 5.74) is 1.06. The van der Waals surface area contributed by atoms with E-state index in [4.69, 9.17) is 16.3 Å². The van der Waals surface area contributed by atoms with Gasteiger partial charge in [0.15, 0.2) is 5.69 Å². The molecular formula is C12H18ClN3O2. The third kappa shape index (κ3) is 2.52. The van der Waals surface area contributed by atoms with E-state index in [1.807, 2.05) is 13.8 Å². The number of aromatic nitrogens is 2. The smallest absolute Gasteiger partial charge is 0.273 e. The summed E-state index contributed by atoms with van der Waals surface area (Å²) in [6.45, 7) is 4.54. The van der Waals surface area contributed by atoms with Crippen LogP contribution < -0.4 is 5.32 Å². The van der Waals surface area contributed by atoms with E-state index < -0.39 is 0 Å². The van der Waals surface area contributed by atoms with Crippen LogP contribution in [0, 0.1) is 6.92 Å². The van der Waals surface area contributed by atoms with Crippen molar-refractivity contribution < 1.29 is 9.53 Å². The lowest BCUT2D eigenvalue weighted by atomic mass is 10.1. The van der Waals surface area contributed by atoms with Crippen molar-refractivity contribution in [1.82, 2.24) is 15.1 Å². The second-order valence-electron chi connectivity index (χ2n) is 4.69. The summed E-state index contributed by atoms with van der Waals surface area (Å²) < 4.78 is 7.14. The molecule has 100 valence electrons. The molecule has 0 saturated carbocycles. The molecule has 1 N–H and O–H groups in total. The van der Waals surface area contributed by atoms with Gasteiger partial charge in [-0.1, -0.05) is 11.6 Å². The van der Waals surface area contributed by atoms with E-state index in [1.54, 1.807) is 11.7 Å². The van der Waals surface area contributed by atoms with E-state index in [1.165, 1.54) is 0 Å². The highest BCUT2D eigenvalue weighted by atomic mass is 35.5. The zero-order valence-corrected chi connectivity index (χ0v) is 11.6. The number of hydrogen-bond donors (Lipinski definition) is 1. The van der Waals surface area contributed by atoms with Crippen LogP contribution in [-0.4, -0.2) is 34.4 Å². The van der Waals surface area contributed by atoms with Crippen molar-refractivity contribution in [2.24, 2.45) is 7.05 Å². The topological polar surface area (TPSA) is 56.1 Å². The fourth-order valence-electron chi connectivity index (χ4n) is 2.09. The molecule has 6 heteroatoms. The number of carbonyl (C=O) groups excluding carboxylic acids is 1. The summed E-state index contributed by atoms with van der Waals surface area (Å²) in [7, 11) is 1.77. The maximum absolute atomic E-state index is 12.1. The van der Waals surface area contributed by atoms with Crippen molar-refractivity contribution in [1.29, 1.82) is 0 Å². The third-order valence-corrected chi connectivity index (χ3v) is 3.81. The van der Waals surface area contributed by atoms with Gasteiger partial charge >= 0.3 is 0 Å². The third-order valence-electron chi connectivity index (χ3n) is 3.36. The minimum absolute atomic E-state index is 0.0293. The van der Waals surface area contributed by atoms with Crippen molar-refractivity contribution in [2.75, 3.05) is 6.61 Å². The molecule has 1 aromatic rings. The largest absolute Gasteiger partial charge is 0.376 e. The molecule has 1 aromatic heterocycles. The normalized spacial score (nSPS) is 21.0. The van der Waals surface area contributed by atoms with E-state index >= 15 is 0 Å². The van der Waals surface area contributed by atoms with Crippen molar-refractivity contribution >= 4 is 17.5 Å². The minimum Gasteiger partial charge on any atom is -0.376 e. The summed E-state index contributed by atoms with van der Waals surface area (Å²) in [5.74, 6) is -0.244. The van der Waals surface area contributed by atoms with Crippen molar-refractivity contribution in [3.05, 3.63) is 16.4 Å². The highest BCUT2D eigenvalue weighted by Gasteiger charge is 2.26. The molecule has 1 saturated heterocycles. The predicted octanol–water partition coefficient (Wildman–Crippen LogP) is 1.68. The van der Waals surface area contributed by atoms with E-state index in [0.717, 1.165) is 25.1 Å². The summed E-state index contributed by atoms with van der Waals surface area (Å²) in [4.78, 5) is 12.1. The number of carbonyl (C=O) groups is 1. The number of nitrogens with zero attached hydrogens (tertiary/aromatic N) is 2. The van der Waals surface area contributed by atoms with Gasteiger partial charge in [-0.05, 0) is 26.7 Å². The quantitative estimate of drug-likeness (QED) is 0.910. The number of ether oxygens (including phenoxy) is 1. The highest BCUT2D eigenvalue weighted by molar-refractivity contribution is 6.34. The number of aryl methyl sites for hydroxylation is 1. The number of amides is 1. The lowest BCUT2D eigenvalue weighted by Gasteiger charge is -2.19. The van der Waals surface area contributed by atoms with Gasteiger partial charge in [0.2, 0.25) is 0 Å². The average Bonchev–Trinajstić information content (AvgIpc) is 2.94. The Bertz CT molecular complexity index is 452. The van der Waals surface area contributed by atoms with Gasteiger partial charge in [0.1, 0.15) is 0 Å². The lowest BCUT2D eigenvalue weighted by Crippen LogP contribution is -2.41. The van der Waals surface area contributed by atoms with Crippen LogP contribution in [0.15, 0.2) is 0 Å². The van der Waals surface area contributed by atoms with Gasteiger partial charge in [0, 0.05) is 13.7 Å². The first-order valence-corrected chi connectivity index (χ1v) is 6.50. The zero-order valence-electron chi connectivity index (χ0n) is 10.9. The van der Waals surface area contributed by atoms with Gasteiger partial charge in [-0.15, -0.1) is 0 Å². The first-order valence-electron chi connectivity index (χ1n) is 6.12.